The number of ether oxygens (including phenoxy) is 2. The van der Waals surface area contributed by atoms with Gasteiger partial charge in [-0.2, -0.15) is 0 Å². The van der Waals surface area contributed by atoms with Gasteiger partial charge in [0, 0.05) is 19.8 Å². The SMILES string of the molecule is CCCCOCCCN1C(=O)CSC1c1ccc(OC)cc1. The Kier molecular flexibility index (Phi) is 7.06. The maximum Gasteiger partial charge on any atom is 0.233 e. The molecule has 1 unspecified atom stereocenters. The molecule has 1 amide bonds. The second-order valence-electron chi connectivity index (χ2n) is 5.34. The average molecular weight is 323 g/mol. The van der Waals surface area contributed by atoms with Gasteiger partial charge in [-0.3, -0.25) is 4.79 Å². The summed E-state index contributed by atoms with van der Waals surface area (Å²) >= 11 is 1.69. The summed E-state index contributed by atoms with van der Waals surface area (Å²) in [6, 6.07) is 7.98. The third kappa shape index (κ3) is 4.65. The van der Waals surface area contributed by atoms with Gasteiger partial charge in [0.1, 0.15) is 11.1 Å². The Hall–Kier alpha value is -1.20. The molecule has 4 nitrogen and oxygen atoms in total. The molecule has 1 aromatic carbocycles. The Balaban J connectivity index is 1.85. The Morgan fingerprint density at radius 3 is 2.64 bits per heavy atom. The Bertz CT molecular complexity index is 463. The van der Waals surface area contributed by atoms with Gasteiger partial charge in [-0.05, 0) is 30.5 Å². The number of methoxy groups -OCH3 is 1. The number of unbranched alkanes of at least 4 members (excludes halogenated alkanes) is 1. The van der Waals surface area contributed by atoms with Gasteiger partial charge in [0.05, 0.1) is 12.9 Å². The average Bonchev–Trinajstić information content (AvgIpc) is 2.92. The molecule has 122 valence electrons. The molecule has 1 atom stereocenters. The molecular weight excluding hydrogens is 298 g/mol. The van der Waals surface area contributed by atoms with E-state index in [-0.39, 0.29) is 11.3 Å². The molecule has 1 heterocycles. The molecule has 1 saturated heterocycles. The van der Waals surface area contributed by atoms with Crippen LogP contribution in [0.25, 0.3) is 0 Å². The van der Waals surface area contributed by atoms with Crippen molar-refractivity contribution in [3.63, 3.8) is 0 Å². The van der Waals surface area contributed by atoms with E-state index >= 15 is 0 Å². The van der Waals surface area contributed by atoms with Crippen molar-refractivity contribution in [1.29, 1.82) is 0 Å². The summed E-state index contributed by atoms with van der Waals surface area (Å²) in [6.45, 7) is 4.46. The third-order valence-corrected chi connectivity index (χ3v) is 4.95. The largest absolute Gasteiger partial charge is 0.497 e. The fourth-order valence-electron chi connectivity index (χ4n) is 2.43. The van der Waals surface area contributed by atoms with E-state index in [1.807, 2.05) is 29.2 Å². The Morgan fingerprint density at radius 2 is 1.95 bits per heavy atom. The van der Waals surface area contributed by atoms with Crippen LogP contribution in [0.5, 0.6) is 5.75 Å². The van der Waals surface area contributed by atoms with E-state index in [1.54, 1.807) is 18.9 Å². The Labute approximate surface area is 137 Å². The van der Waals surface area contributed by atoms with E-state index in [1.165, 1.54) is 0 Å². The quantitative estimate of drug-likeness (QED) is 0.652. The molecule has 22 heavy (non-hydrogen) atoms. The number of carbonyl (C=O) groups is 1. The zero-order chi connectivity index (χ0) is 15.8. The van der Waals surface area contributed by atoms with Gasteiger partial charge in [-0.1, -0.05) is 25.5 Å². The fraction of sp³-hybridized carbons (Fsp3) is 0.588. The minimum absolute atomic E-state index is 0.119. The predicted molar refractivity (Wildman–Crippen MR) is 90.3 cm³/mol. The zero-order valence-corrected chi connectivity index (χ0v) is 14.2. The molecule has 1 aliphatic rings. The molecule has 1 aliphatic heterocycles. The minimum Gasteiger partial charge on any atom is -0.497 e. The number of benzene rings is 1. The van der Waals surface area contributed by atoms with Gasteiger partial charge in [-0.15, -0.1) is 11.8 Å². The maximum atomic E-state index is 12.1. The highest BCUT2D eigenvalue weighted by molar-refractivity contribution is 8.00. The van der Waals surface area contributed by atoms with E-state index < -0.39 is 0 Å². The monoisotopic (exact) mass is 323 g/mol. The lowest BCUT2D eigenvalue weighted by Crippen LogP contribution is -2.29. The van der Waals surface area contributed by atoms with Crippen LogP contribution >= 0.6 is 11.8 Å². The number of thioether (sulfide) groups is 1. The summed E-state index contributed by atoms with van der Waals surface area (Å²) in [5.74, 6) is 1.63. The minimum atomic E-state index is 0.119. The number of carbonyl (C=O) groups excluding carboxylic acids is 1. The molecule has 1 aromatic rings. The highest BCUT2D eigenvalue weighted by Gasteiger charge is 2.32. The molecule has 0 spiro atoms. The summed E-state index contributed by atoms with van der Waals surface area (Å²) < 4.78 is 10.8. The van der Waals surface area contributed by atoms with Gasteiger partial charge >= 0.3 is 0 Å². The lowest BCUT2D eigenvalue weighted by Gasteiger charge is -2.24. The highest BCUT2D eigenvalue weighted by Crippen LogP contribution is 2.38. The first kappa shape index (κ1) is 17.2. The number of rotatable bonds is 9. The second kappa shape index (κ2) is 9.06. The van der Waals surface area contributed by atoms with Crippen LogP contribution in [0.4, 0.5) is 0 Å². The van der Waals surface area contributed by atoms with Crippen molar-refractivity contribution in [3.8, 4) is 5.75 Å². The molecule has 0 radical (unpaired) electrons. The lowest BCUT2D eigenvalue weighted by molar-refractivity contribution is -0.128. The van der Waals surface area contributed by atoms with E-state index in [9.17, 15) is 4.79 Å². The van der Waals surface area contributed by atoms with Crippen LogP contribution < -0.4 is 4.74 Å². The van der Waals surface area contributed by atoms with Crippen molar-refractivity contribution in [2.75, 3.05) is 32.6 Å². The van der Waals surface area contributed by atoms with Gasteiger partial charge in [-0.25, -0.2) is 0 Å². The third-order valence-electron chi connectivity index (χ3n) is 3.70. The molecule has 0 bridgehead atoms. The summed E-state index contributed by atoms with van der Waals surface area (Å²) in [5, 5.41) is 0.119. The predicted octanol–water partition coefficient (Wildman–Crippen LogP) is 3.48. The van der Waals surface area contributed by atoms with E-state index in [2.05, 4.69) is 6.92 Å². The second-order valence-corrected chi connectivity index (χ2v) is 6.41. The normalized spacial score (nSPS) is 18.0. The van der Waals surface area contributed by atoms with Crippen molar-refractivity contribution in [2.24, 2.45) is 0 Å². The molecule has 0 aromatic heterocycles. The standard InChI is InChI=1S/C17H25NO3S/c1-3-4-11-21-12-5-10-18-16(19)13-22-17(18)14-6-8-15(20-2)9-7-14/h6-9,17H,3-5,10-13H2,1-2H3. The smallest absolute Gasteiger partial charge is 0.233 e. The molecule has 0 aliphatic carbocycles. The molecule has 2 rings (SSSR count). The maximum absolute atomic E-state index is 12.1. The zero-order valence-electron chi connectivity index (χ0n) is 13.4. The van der Waals surface area contributed by atoms with Gasteiger partial charge in [0.2, 0.25) is 5.91 Å². The molecular formula is C17H25NO3S. The molecule has 0 saturated carbocycles. The van der Waals surface area contributed by atoms with Crippen molar-refractivity contribution >= 4 is 17.7 Å². The molecule has 1 fully saturated rings. The van der Waals surface area contributed by atoms with Crippen molar-refractivity contribution in [1.82, 2.24) is 4.90 Å². The van der Waals surface area contributed by atoms with Crippen LogP contribution in [0.3, 0.4) is 0 Å². The highest BCUT2D eigenvalue weighted by atomic mass is 32.2. The first-order valence-electron chi connectivity index (χ1n) is 7.89. The van der Waals surface area contributed by atoms with Crippen LogP contribution in [0.1, 0.15) is 37.1 Å². The molecule has 0 N–H and O–H groups in total. The van der Waals surface area contributed by atoms with E-state index in [4.69, 9.17) is 9.47 Å². The number of nitrogens with zero attached hydrogens (tertiary/aromatic N) is 1. The summed E-state index contributed by atoms with van der Waals surface area (Å²) in [7, 11) is 1.66. The van der Waals surface area contributed by atoms with Crippen LogP contribution in [0.15, 0.2) is 24.3 Å². The first-order chi connectivity index (χ1) is 10.8. The fourth-order valence-corrected chi connectivity index (χ4v) is 3.64. The van der Waals surface area contributed by atoms with Gasteiger partial charge < -0.3 is 14.4 Å². The summed E-state index contributed by atoms with van der Waals surface area (Å²) in [4.78, 5) is 14.1. The lowest BCUT2D eigenvalue weighted by atomic mass is 10.2. The summed E-state index contributed by atoms with van der Waals surface area (Å²) in [5.41, 5.74) is 1.16. The van der Waals surface area contributed by atoms with Crippen molar-refractivity contribution < 1.29 is 14.3 Å². The number of hydrogen-bond acceptors (Lipinski definition) is 4. The van der Waals surface area contributed by atoms with Crippen LogP contribution in [0, 0.1) is 0 Å². The van der Waals surface area contributed by atoms with E-state index in [0.717, 1.165) is 50.3 Å². The Morgan fingerprint density at radius 1 is 1.23 bits per heavy atom. The van der Waals surface area contributed by atoms with Crippen LogP contribution in [0.2, 0.25) is 0 Å². The van der Waals surface area contributed by atoms with E-state index in [0.29, 0.717) is 5.75 Å². The summed E-state index contributed by atoms with van der Waals surface area (Å²) in [6.07, 6.45) is 3.15. The topological polar surface area (TPSA) is 38.8 Å². The number of hydrogen-bond donors (Lipinski definition) is 0. The first-order valence-corrected chi connectivity index (χ1v) is 8.94. The molecule has 5 heteroatoms. The van der Waals surface area contributed by atoms with Gasteiger partial charge in [0.25, 0.3) is 0 Å². The van der Waals surface area contributed by atoms with Crippen molar-refractivity contribution in [2.45, 2.75) is 31.6 Å². The van der Waals surface area contributed by atoms with Crippen molar-refractivity contribution in [3.05, 3.63) is 29.8 Å². The van der Waals surface area contributed by atoms with Crippen LogP contribution in [-0.4, -0.2) is 43.4 Å². The van der Waals surface area contributed by atoms with Crippen LogP contribution in [-0.2, 0) is 9.53 Å². The number of amides is 1. The van der Waals surface area contributed by atoms with Gasteiger partial charge in [0.15, 0.2) is 0 Å².